The summed E-state index contributed by atoms with van der Waals surface area (Å²) in [6.45, 7) is 3.18. The molecule has 0 spiro atoms. The van der Waals surface area contributed by atoms with Gasteiger partial charge in [-0.3, -0.25) is 9.20 Å². The fraction of sp³-hybridized carbons (Fsp3) is 0.500. The standard InChI is InChI=1S/C24H26FN5O3/c25-20-2-3-21-18(7-10-33-21)17(20)1-4-22-26-11-19(23-28-27-14-30(22)23)15-5-8-29(9-6-15)24(31)16-12-32-13-16/h2-3,11,14-16H,1,4-10,12-13H2. The van der Waals surface area contributed by atoms with Gasteiger partial charge in [0.05, 0.1) is 25.7 Å². The Morgan fingerprint density at radius 1 is 1.18 bits per heavy atom. The normalized spacial score (nSPS) is 18.9. The van der Waals surface area contributed by atoms with E-state index in [1.165, 1.54) is 6.07 Å². The van der Waals surface area contributed by atoms with E-state index in [9.17, 15) is 9.18 Å². The minimum Gasteiger partial charge on any atom is -0.493 e. The third kappa shape index (κ3) is 3.64. The fourth-order valence-electron chi connectivity index (χ4n) is 5.23. The summed E-state index contributed by atoms with van der Waals surface area (Å²) in [6.07, 6.45) is 7.21. The molecule has 3 aromatic rings. The molecule has 0 radical (unpaired) electrons. The van der Waals surface area contributed by atoms with Crippen molar-refractivity contribution in [3.05, 3.63) is 53.0 Å². The first kappa shape index (κ1) is 20.5. The van der Waals surface area contributed by atoms with Gasteiger partial charge in [-0.05, 0) is 42.9 Å². The Balaban J connectivity index is 1.18. The van der Waals surface area contributed by atoms with Crippen molar-refractivity contribution in [3.63, 3.8) is 0 Å². The van der Waals surface area contributed by atoms with E-state index in [-0.39, 0.29) is 23.6 Å². The summed E-state index contributed by atoms with van der Waals surface area (Å²) in [5.41, 5.74) is 3.56. The number of aromatic nitrogens is 4. The van der Waals surface area contributed by atoms with Crippen LogP contribution >= 0.6 is 0 Å². The first-order valence-corrected chi connectivity index (χ1v) is 11.7. The second-order valence-electron chi connectivity index (χ2n) is 9.09. The highest BCUT2D eigenvalue weighted by molar-refractivity contribution is 5.79. The number of hydrogen-bond acceptors (Lipinski definition) is 6. The first-order valence-electron chi connectivity index (χ1n) is 11.7. The molecule has 8 nitrogen and oxygen atoms in total. The zero-order valence-electron chi connectivity index (χ0n) is 18.4. The third-order valence-electron chi connectivity index (χ3n) is 7.21. The van der Waals surface area contributed by atoms with Crippen molar-refractivity contribution in [1.82, 2.24) is 24.5 Å². The lowest BCUT2D eigenvalue weighted by atomic mass is 9.90. The maximum atomic E-state index is 14.5. The van der Waals surface area contributed by atoms with Gasteiger partial charge >= 0.3 is 0 Å². The Labute approximate surface area is 190 Å². The zero-order valence-corrected chi connectivity index (χ0v) is 18.4. The monoisotopic (exact) mass is 451 g/mol. The van der Waals surface area contributed by atoms with Crippen LogP contribution in [0.1, 0.15) is 41.3 Å². The average Bonchev–Trinajstić information content (AvgIpc) is 3.47. The minimum atomic E-state index is -0.189. The van der Waals surface area contributed by atoms with Gasteiger partial charge in [0.25, 0.3) is 0 Å². The molecule has 0 N–H and O–H groups in total. The zero-order chi connectivity index (χ0) is 22.4. The molecule has 3 aliphatic rings. The van der Waals surface area contributed by atoms with E-state index < -0.39 is 0 Å². The molecular formula is C24H26FN5O3. The molecule has 0 unspecified atom stereocenters. The molecule has 6 rings (SSSR count). The number of likely N-dealkylation sites (tertiary alicyclic amines) is 1. The first-order chi connectivity index (χ1) is 16.2. The number of benzene rings is 1. The van der Waals surface area contributed by atoms with Gasteiger partial charge in [-0.2, -0.15) is 0 Å². The summed E-state index contributed by atoms with van der Waals surface area (Å²) in [7, 11) is 0. The molecule has 0 atom stereocenters. The van der Waals surface area contributed by atoms with Crippen LogP contribution in [-0.4, -0.2) is 63.3 Å². The molecule has 0 aliphatic carbocycles. The number of ether oxygens (including phenoxy) is 2. The van der Waals surface area contributed by atoms with Gasteiger partial charge in [0.1, 0.15) is 23.7 Å². The average molecular weight is 452 g/mol. The smallest absolute Gasteiger partial charge is 0.230 e. The van der Waals surface area contributed by atoms with Gasteiger partial charge in [0, 0.05) is 43.3 Å². The van der Waals surface area contributed by atoms with Crippen LogP contribution in [-0.2, 0) is 28.8 Å². The van der Waals surface area contributed by atoms with Gasteiger partial charge in [0.15, 0.2) is 5.65 Å². The molecule has 1 aromatic carbocycles. The van der Waals surface area contributed by atoms with Crippen molar-refractivity contribution in [2.75, 3.05) is 32.9 Å². The maximum absolute atomic E-state index is 14.5. The molecule has 0 bridgehead atoms. The summed E-state index contributed by atoms with van der Waals surface area (Å²) < 4.78 is 27.2. The van der Waals surface area contributed by atoms with Crippen molar-refractivity contribution in [3.8, 4) is 5.75 Å². The molecule has 2 aromatic heterocycles. The van der Waals surface area contributed by atoms with Crippen molar-refractivity contribution in [2.24, 2.45) is 5.92 Å². The second kappa shape index (κ2) is 8.37. The summed E-state index contributed by atoms with van der Waals surface area (Å²) in [5, 5.41) is 8.50. The Morgan fingerprint density at radius 3 is 2.82 bits per heavy atom. The van der Waals surface area contributed by atoms with E-state index in [2.05, 4.69) is 10.2 Å². The van der Waals surface area contributed by atoms with Gasteiger partial charge in [-0.1, -0.05) is 0 Å². The van der Waals surface area contributed by atoms with Crippen LogP contribution in [0.2, 0.25) is 0 Å². The van der Waals surface area contributed by atoms with E-state index in [0.29, 0.717) is 38.2 Å². The quantitative estimate of drug-likeness (QED) is 0.592. The molecule has 9 heteroatoms. The second-order valence-corrected chi connectivity index (χ2v) is 9.09. The number of carbonyl (C=O) groups excluding carboxylic acids is 1. The van der Waals surface area contributed by atoms with Crippen LogP contribution in [0.5, 0.6) is 5.75 Å². The van der Waals surface area contributed by atoms with Gasteiger partial charge < -0.3 is 14.4 Å². The molecule has 1 amide bonds. The molecule has 2 saturated heterocycles. The van der Waals surface area contributed by atoms with Crippen molar-refractivity contribution in [1.29, 1.82) is 0 Å². The molecule has 3 aliphatic heterocycles. The molecule has 5 heterocycles. The van der Waals surface area contributed by atoms with Crippen LogP contribution in [0, 0.1) is 11.7 Å². The van der Waals surface area contributed by atoms with E-state index >= 15 is 0 Å². The molecule has 0 saturated carbocycles. The lowest BCUT2D eigenvalue weighted by Crippen LogP contribution is -2.47. The van der Waals surface area contributed by atoms with Crippen LogP contribution in [0.3, 0.4) is 0 Å². The largest absolute Gasteiger partial charge is 0.493 e. The molecule has 2 fully saturated rings. The lowest BCUT2D eigenvalue weighted by molar-refractivity contribution is -0.150. The predicted octanol–water partition coefficient (Wildman–Crippen LogP) is 2.34. The Morgan fingerprint density at radius 2 is 2.03 bits per heavy atom. The summed E-state index contributed by atoms with van der Waals surface area (Å²) in [5.74, 6) is 1.95. The van der Waals surface area contributed by atoms with E-state index in [1.807, 2.05) is 15.5 Å². The number of amides is 1. The SMILES string of the molecule is O=C(C1COC1)N1CCC(c2cnc(CCc3c(F)ccc4c3CCO4)n3cnnc23)CC1. The summed E-state index contributed by atoms with van der Waals surface area (Å²) >= 11 is 0. The van der Waals surface area contributed by atoms with E-state index in [1.54, 1.807) is 12.4 Å². The number of nitrogens with zero attached hydrogens (tertiary/aromatic N) is 5. The van der Waals surface area contributed by atoms with Gasteiger partial charge in [-0.25, -0.2) is 9.37 Å². The topological polar surface area (TPSA) is 81.8 Å². The highest BCUT2D eigenvalue weighted by Crippen LogP contribution is 2.33. The van der Waals surface area contributed by atoms with Crippen LogP contribution < -0.4 is 4.74 Å². The van der Waals surface area contributed by atoms with Gasteiger partial charge in [-0.15, -0.1) is 10.2 Å². The predicted molar refractivity (Wildman–Crippen MR) is 117 cm³/mol. The molecular weight excluding hydrogens is 425 g/mol. The highest BCUT2D eigenvalue weighted by Gasteiger charge is 2.33. The number of hydrogen-bond donors (Lipinski definition) is 0. The fourth-order valence-corrected chi connectivity index (χ4v) is 5.23. The Hall–Kier alpha value is -3.07. The highest BCUT2D eigenvalue weighted by atomic mass is 19.1. The van der Waals surface area contributed by atoms with Crippen molar-refractivity contribution >= 4 is 11.6 Å². The van der Waals surface area contributed by atoms with E-state index in [4.69, 9.17) is 14.5 Å². The number of carbonyl (C=O) groups is 1. The minimum absolute atomic E-state index is 0.0351. The number of piperidine rings is 1. The Bertz CT molecular complexity index is 1200. The Kier molecular flexibility index (Phi) is 5.21. The van der Waals surface area contributed by atoms with Crippen LogP contribution in [0.25, 0.3) is 5.65 Å². The summed E-state index contributed by atoms with van der Waals surface area (Å²) in [6, 6.07) is 3.20. The summed E-state index contributed by atoms with van der Waals surface area (Å²) in [4.78, 5) is 19.2. The number of rotatable bonds is 5. The molecule has 172 valence electrons. The van der Waals surface area contributed by atoms with Crippen LogP contribution in [0.4, 0.5) is 4.39 Å². The van der Waals surface area contributed by atoms with Gasteiger partial charge in [0.2, 0.25) is 5.91 Å². The molecule has 33 heavy (non-hydrogen) atoms. The van der Waals surface area contributed by atoms with Crippen molar-refractivity contribution in [2.45, 2.75) is 38.0 Å². The lowest BCUT2D eigenvalue weighted by Gasteiger charge is -2.36. The maximum Gasteiger partial charge on any atom is 0.230 e. The number of halogens is 1. The van der Waals surface area contributed by atoms with E-state index in [0.717, 1.165) is 60.7 Å². The number of fused-ring (bicyclic) bond motifs is 2. The third-order valence-corrected chi connectivity index (χ3v) is 7.21. The van der Waals surface area contributed by atoms with Crippen LogP contribution in [0.15, 0.2) is 24.7 Å². The van der Waals surface area contributed by atoms with Crippen molar-refractivity contribution < 1.29 is 18.7 Å². The number of aryl methyl sites for hydroxylation is 1.